The van der Waals surface area contributed by atoms with Gasteiger partial charge in [0.05, 0.1) is 17.1 Å². The minimum atomic E-state index is -0.191. The van der Waals surface area contributed by atoms with Crippen LogP contribution in [0.3, 0.4) is 0 Å². The van der Waals surface area contributed by atoms with E-state index in [1.165, 1.54) is 0 Å². The van der Waals surface area contributed by atoms with E-state index in [-0.39, 0.29) is 5.82 Å². The lowest BCUT2D eigenvalue weighted by atomic mass is 9.86. The van der Waals surface area contributed by atoms with Crippen molar-refractivity contribution in [2.24, 2.45) is 16.8 Å². The number of hydrogen-bond acceptors (Lipinski definition) is 4. The zero-order valence-corrected chi connectivity index (χ0v) is 17.5. The fourth-order valence-electron chi connectivity index (χ4n) is 4.36. The quantitative estimate of drug-likeness (QED) is 0.703. The summed E-state index contributed by atoms with van der Waals surface area (Å²) in [6.45, 7) is 10.3. The van der Waals surface area contributed by atoms with Gasteiger partial charge in [-0.2, -0.15) is 0 Å². The summed E-state index contributed by atoms with van der Waals surface area (Å²) < 4.78 is 14.3. The van der Waals surface area contributed by atoms with Crippen LogP contribution in [0.2, 0.25) is 0 Å². The Morgan fingerprint density at radius 1 is 1.18 bits per heavy atom. The Morgan fingerprint density at radius 3 is 2.64 bits per heavy atom. The normalized spacial score (nSPS) is 25.5. The molecule has 0 aromatic heterocycles. The van der Waals surface area contributed by atoms with E-state index >= 15 is 0 Å². The lowest BCUT2D eigenvalue weighted by Crippen LogP contribution is -2.49. The molecule has 28 heavy (non-hydrogen) atoms. The molecule has 3 heterocycles. The first-order valence-electron chi connectivity index (χ1n) is 10.5. The van der Waals surface area contributed by atoms with E-state index in [1.54, 1.807) is 6.07 Å². The average molecular weight is 383 g/mol. The molecule has 1 saturated heterocycles. The van der Waals surface area contributed by atoms with Crippen LogP contribution in [0.25, 0.3) is 0 Å². The number of amidine groups is 1. The Morgan fingerprint density at radius 2 is 1.93 bits per heavy atom. The number of benzene rings is 1. The number of aryl methyl sites for hydroxylation is 1. The molecule has 1 aromatic rings. The fraction of sp³-hybridized carbons (Fsp3) is 0.522. The number of rotatable bonds is 1. The van der Waals surface area contributed by atoms with E-state index in [2.05, 4.69) is 53.9 Å². The first-order valence-corrected chi connectivity index (χ1v) is 10.5. The maximum absolute atomic E-state index is 14.3. The number of anilines is 1. The monoisotopic (exact) mass is 382 g/mol. The van der Waals surface area contributed by atoms with Gasteiger partial charge in [-0.15, -0.1) is 0 Å². The van der Waals surface area contributed by atoms with E-state index in [4.69, 9.17) is 4.99 Å². The molecule has 2 atom stereocenters. The second-order valence-corrected chi connectivity index (χ2v) is 8.41. The van der Waals surface area contributed by atoms with Crippen LogP contribution in [-0.4, -0.2) is 48.9 Å². The number of hydrogen-bond donors (Lipinski definition) is 0. The highest BCUT2D eigenvalue weighted by Crippen LogP contribution is 2.41. The lowest BCUT2D eigenvalue weighted by molar-refractivity contribution is 0.215. The average Bonchev–Trinajstić information content (AvgIpc) is 2.67. The first kappa shape index (κ1) is 19.2. The molecule has 5 heteroatoms. The second kappa shape index (κ2) is 7.70. The molecule has 1 fully saturated rings. The number of nitrogens with zero attached hydrogens (tertiary/aromatic N) is 4. The maximum Gasteiger partial charge on any atom is 0.153 e. The predicted molar refractivity (Wildman–Crippen MR) is 115 cm³/mol. The standard InChI is InChI=1S/C23H31FN4/c1-5-18-14-22-23(27-11-9-26(4)10-12-27)25-20-15-19(24)17(3)13-21(20)28(22)8-6-7-16(18)2/h6,8,13-16,18H,5,7,9-12H2,1-4H3. The minimum Gasteiger partial charge on any atom is -0.352 e. The molecule has 3 aliphatic heterocycles. The number of fused-ring (bicyclic) bond motifs is 3. The third kappa shape index (κ3) is 3.48. The predicted octanol–water partition coefficient (Wildman–Crippen LogP) is 4.70. The van der Waals surface area contributed by atoms with Crippen LogP contribution >= 0.6 is 0 Å². The summed E-state index contributed by atoms with van der Waals surface area (Å²) in [5.41, 5.74) is 3.51. The van der Waals surface area contributed by atoms with Crippen molar-refractivity contribution in [1.82, 2.24) is 9.80 Å². The van der Waals surface area contributed by atoms with E-state index < -0.39 is 0 Å². The zero-order valence-electron chi connectivity index (χ0n) is 17.5. The summed E-state index contributed by atoms with van der Waals surface area (Å²) in [5, 5.41) is 0. The van der Waals surface area contributed by atoms with Crippen LogP contribution in [0, 0.1) is 24.6 Å². The van der Waals surface area contributed by atoms with E-state index in [0.29, 0.717) is 17.4 Å². The molecule has 1 aromatic carbocycles. The molecule has 0 spiro atoms. The van der Waals surface area contributed by atoms with Crippen LogP contribution in [0.5, 0.6) is 0 Å². The van der Waals surface area contributed by atoms with Crippen molar-refractivity contribution in [1.29, 1.82) is 0 Å². The molecule has 150 valence electrons. The van der Waals surface area contributed by atoms with Gasteiger partial charge in [-0.3, -0.25) is 0 Å². The Hall–Kier alpha value is -2.14. The van der Waals surface area contributed by atoms with Gasteiger partial charge in [0.15, 0.2) is 5.84 Å². The zero-order chi connectivity index (χ0) is 19.8. The van der Waals surface area contributed by atoms with Crippen molar-refractivity contribution in [2.45, 2.75) is 33.6 Å². The highest BCUT2D eigenvalue weighted by atomic mass is 19.1. The molecule has 4 nitrogen and oxygen atoms in total. The van der Waals surface area contributed by atoms with Crippen LogP contribution in [0.4, 0.5) is 15.8 Å². The number of allylic oxidation sites excluding steroid dienone is 2. The second-order valence-electron chi connectivity index (χ2n) is 8.41. The molecular formula is C23H31FN4. The van der Waals surface area contributed by atoms with Crippen molar-refractivity contribution >= 4 is 17.2 Å². The van der Waals surface area contributed by atoms with Crippen LogP contribution in [-0.2, 0) is 0 Å². The van der Waals surface area contributed by atoms with E-state index in [9.17, 15) is 4.39 Å². The third-order valence-corrected chi connectivity index (χ3v) is 6.37. The largest absolute Gasteiger partial charge is 0.352 e. The molecule has 0 saturated carbocycles. The number of halogens is 1. The molecule has 2 unspecified atom stereocenters. The Balaban J connectivity index is 1.85. The summed E-state index contributed by atoms with van der Waals surface area (Å²) in [5.74, 6) is 1.90. The van der Waals surface area contributed by atoms with Gasteiger partial charge in [0, 0.05) is 38.4 Å². The Bertz CT molecular complexity index is 833. The van der Waals surface area contributed by atoms with Crippen LogP contribution < -0.4 is 4.90 Å². The SMILES string of the molecule is CCC1C=C2C(N3CCN(C)CC3)=Nc3cc(F)c(C)cc3N2C=CCC1C. The van der Waals surface area contributed by atoms with Crippen molar-refractivity contribution in [3.63, 3.8) is 0 Å². The highest BCUT2D eigenvalue weighted by Gasteiger charge is 2.31. The number of aliphatic imine (C=N–C) groups is 1. The molecule has 0 amide bonds. The molecule has 3 aliphatic rings. The van der Waals surface area contributed by atoms with Crippen LogP contribution in [0.15, 0.2) is 41.2 Å². The highest BCUT2D eigenvalue weighted by molar-refractivity contribution is 6.07. The van der Waals surface area contributed by atoms with Gasteiger partial charge in [0.25, 0.3) is 0 Å². The molecule has 4 rings (SSSR count). The number of likely N-dealkylation sites (N-methyl/N-ethyl adjacent to an activating group) is 1. The van der Waals surface area contributed by atoms with Gasteiger partial charge in [-0.25, -0.2) is 9.38 Å². The fourth-order valence-corrected chi connectivity index (χ4v) is 4.36. The summed E-state index contributed by atoms with van der Waals surface area (Å²) in [6, 6.07) is 3.52. The van der Waals surface area contributed by atoms with Crippen molar-refractivity contribution in [3.05, 3.63) is 47.6 Å². The van der Waals surface area contributed by atoms with Crippen molar-refractivity contribution < 1.29 is 4.39 Å². The molecule has 0 bridgehead atoms. The molecular weight excluding hydrogens is 351 g/mol. The Labute approximate surface area is 168 Å². The van der Waals surface area contributed by atoms with Gasteiger partial charge >= 0.3 is 0 Å². The van der Waals surface area contributed by atoms with Crippen LogP contribution in [0.1, 0.15) is 32.3 Å². The first-order chi connectivity index (χ1) is 13.5. The van der Waals surface area contributed by atoms with Crippen molar-refractivity contribution in [3.8, 4) is 0 Å². The van der Waals surface area contributed by atoms with E-state index in [0.717, 1.165) is 61.9 Å². The topological polar surface area (TPSA) is 22.1 Å². The van der Waals surface area contributed by atoms with Gasteiger partial charge in [-0.05, 0) is 50.3 Å². The van der Waals surface area contributed by atoms with Gasteiger partial charge in [0.1, 0.15) is 5.82 Å². The molecule has 0 aliphatic carbocycles. The van der Waals surface area contributed by atoms with Crippen molar-refractivity contribution in [2.75, 3.05) is 38.1 Å². The summed E-state index contributed by atoms with van der Waals surface area (Å²) in [6.07, 6.45) is 8.99. The summed E-state index contributed by atoms with van der Waals surface area (Å²) in [7, 11) is 2.16. The Kier molecular flexibility index (Phi) is 5.28. The smallest absolute Gasteiger partial charge is 0.153 e. The molecule has 0 radical (unpaired) electrons. The van der Waals surface area contributed by atoms with E-state index in [1.807, 2.05) is 13.0 Å². The molecule has 0 N–H and O–H groups in total. The number of piperazine rings is 1. The minimum absolute atomic E-state index is 0.191. The summed E-state index contributed by atoms with van der Waals surface area (Å²) in [4.78, 5) is 11.9. The van der Waals surface area contributed by atoms with Gasteiger partial charge in [-0.1, -0.05) is 26.0 Å². The van der Waals surface area contributed by atoms with Gasteiger partial charge < -0.3 is 14.7 Å². The summed E-state index contributed by atoms with van der Waals surface area (Å²) >= 11 is 0. The van der Waals surface area contributed by atoms with Gasteiger partial charge in [0.2, 0.25) is 0 Å². The lowest BCUT2D eigenvalue weighted by Gasteiger charge is -2.40. The maximum atomic E-state index is 14.3. The third-order valence-electron chi connectivity index (χ3n) is 6.37.